The third-order valence-electron chi connectivity index (χ3n) is 3.12. The second-order valence-corrected chi connectivity index (χ2v) is 4.48. The van der Waals surface area contributed by atoms with E-state index >= 15 is 0 Å². The third-order valence-corrected chi connectivity index (χ3v) is 3.12. The molecule has 2 aliphatic heterocycles. The number of carbonyl (C=O) groups is 1. The smallest absolute Gasteiger partial charge is 0.306 e. The molecular formula is C11H19NO3. The maximum absolute atomic E-state index is 11.5. The van der Waals surface area contributed by atoms with E-state index in [1.807, 2.05) is 0 Å². The average Bonchev–Trinajstić information content (AvgIpc) is 2.86. The molecule has 2 heterocycles. The summed E-state index contributed by atoms with van der Waals surface area (Å²) in [6.07, 6.45) is 2.69. The van der Waals surface area contributed by atoms with Crippen LogP contribution in [0.2, 0.25) is 0 Å². The van der Waals surface area contributed by atoms with Crippen LogP contribution in [0, 0.1) is 11.8 Å². The van der Waals surface area contributed by atoms with Crippen molar-refractivity contribution >= 4 is 5.97 Å². The molecular weight excluding hydrogens is 194 g/mol. The van der Waals surface area contributed by atoms with Gasteiger partial charge in [0.15, 0.2) is 0 Å². The maximum Gasteiger partial charge on any atom is 0.306 e. The van der Waals surface area contributed by atoms with Crippen molar-refractivity contribution in [1.29, 1.82) is 0 Å². The first-order chi connectivity index (χ1) is 7.34. The van der Waals surface area contributed by atoms with Crippen molar-refractivity contribution in [3.05, 3.63) is 0 Å². The summed E-state index contributed by atoms with van der Waals surface area (Å²) in [6.45, 7) is 4.10. The SMILES string of the molecule is O=C(CC1CCNC1)OCC1CCOC1. The lowest BCUT2D eigenvalue weighted by Gasteiger charge is -2.11. The molecule has 0 saturated carbocycles. The van der Waals surface area contributed by atoms with Crippen molar-refractivity contribution < 1.29 is 14.3 Å². The van der Waals surface area contributed by atoms with Gasteiger partial charge in [0.1, 0.15) is 0 Å². The van der Waals surface area contributed by atoms with Crippen LogP contribution in [0.4, 0.5) is 0 Å². The van der Waals surface area contributed by atoms with Gasteiger partial charge in [0, 0.05) is 18.9 Å². The highest BCUT2D eigenvalue weighted by molar-refractivity contribution is 5.69. The highest BCUT2D eigenvalue weighted by Crippen LogP contribution is 2.15. The summed E-state index contributed by atoms with van der Waals surface area (Å²) < 4.78 is 10.5. The zero-order valence-corrected chi connectivity index (χ0v) is 9.04. The second kappa shape index (κ2) is 5.47. The quantitative estimate of drug-likeness (QED) is 0.693. The third kappa shape index (κ3) is 3.47. The number of esters is 1. The molecule has 2 saturated heterocycles. The van der Waals surface area contributed by atoms with Gasteiger partial charge in [0.05, 0.1) is 13.2 Å². The van der Waals surface area contributed by atoms with E-state index in [2.05, 4.69) is 5.32 Å². The van der Waals surface area contributed by atoms with E-state index < -0.39 is 0 Å². The highest BCUT2D eigenvalue weighted by Gasteiger charge is 2.21. The van der Waals surface area contributed by atoms with Crippen LogP contribution in [0.3, 0.4) is 0 Å². The van der Waals surface area contributed by atoms with Crippen LogP contribution in [-0.2, 0) is 14.3 Å². The van der Waals surface area contributed by atoms with Crippen LogP contribution >= 0.6 is 0 Å². The Morgan fingerprint density at radius 1 is 1.40 bits per heavy atom. The normalized spacial score (nSPS) is 30.7. The van der Waals surface area contributed by atoms with E-state index in [-0.39, 0.29) is 5.97 Å². The van der Waals surface area contributed by atoms with Crippen LogP contribution in [0.5, 0.6) is 0 Å². The van der Waals surface area contributed by atoms with Crippen molar-refractivity contribution in [3.8, 4) is 0 Å². The monoisotopic (exact) mass is 213 g/mol. The largest absolute Gasteiger partial charge is 0.465 e. The summed E-state index contributed by atoms with van der Waals surface area (Å²) in [5.74, 6) is 0.864. The zero-order chi connectivity index (χ0) is 10.5. The average molecular weight is 213 g/mol. The molecule has 15 heavy (non-hydrogen) atoms. The predicted molar refractivity (Wildman–Crippen MR) is 55.5 cm³/mol. The predicted octanol–water partition coefficient (Wildman–Crippen LogP) is 0.566. The summed E-state index contributed by atoms with van der Waals surface area (Å²) >= 11 is 0. The van der Waals surface area contributed by atoms with E-state index in [0.29, 0.717) is 24.9 Å². The molecule has 0 aromatic heterocycles. The van der Waals surface area contributed by atoms with Gasteiger partial charge in [-0.1, -0.05) is 0 Å². The number of hydrogen-bond donors (Lipinski definition) is 1. The molecule has 1 N–H and O–H groups in total. The summed E-state index contributed by atoms with van der Waals surface area (Å²) in [5.41, 5.74) is 0. The lowest BCUT2D eigenvalue weighted by atomic mass is 10.1. The molecule has 4 heteroatoms. The van der Waals surface area contributed by atoms with Gasteiger partial charge in [-0.3, -0.25) is 4.79 Å². The zero-order valence-electron chi connectivity index (χ0n) is 9.04. The van der Waals surface area contributed by atoms with Crippen LogP contribution in [0.25, 0.3) is 0 Å². The molecule has 0 aliphatic carbocycles. The van der Waals surface area contributed by atoms with Gasteiger partial charge in [-0.05, 0) is 31.8 Å². The van der Waals surface area contributed by atoms with Crippen LogP contribution < -0.4 is 5.32 Å². The first-order valence-corrected chi connectivity index (χ1v) is 5.78. The number of nitrogens with one attached hydrogen (secondary N) is 1. The van der Waals surface area contributed by atoms with E-state index in [4.69, 9.17) is 9.47 Å². The van der Waals surface area contributed by atoms with Crippen molar-refractivity contribution in [1.82, 2.24) is 5.32 Å². The summed E-state index contributed by atoms with van der Waals surface area (Å²) in [7, 11) is 0. The molecule has 0 amide bonds. The summed E-state index contributed by atoms with van der Waals surface area (Å²) in [6, 6.07) is 0. The molecule has 2 fully saturated rings. The Balaban J connectivity index is 1.59. The van der Waals surface area contributed by atoms with Crippen molar-refractivity contribution in [2.24, 2.45) is 11.8 Å². The minimum absolute atomic E-state index is 0.0457. The van der Waals surface area contributed by atoms with Crippen molar-refractivity contribution in [2.75, 3.05) is 32.9 Å². The van der Waals surface area contributed by atoms with Gasteiger partial charge in [-0.15, -0.1) is 0 Å². The van der Waals surface area contributed by atoms with E-state index in [9.17, 15) is 4.79 Å². The molecule has 2 aliphatic rings. The Morgan fingerprint density at radius 2 is 2.33 bits per heavy atom. The molecule has 2 rings (SSSR count). The first kappa shape index (κ1) is 10.9. The Hall–Kier alpha value is -0.610. The molecule has 0 radical (unpaired) electrons. The second-order valence-electron chi connectivity index (χ2n) is 4.48. The topological polar surface area (TPSA) is 47.6 Å². The van der Waals surface area contributed by atoms with Gasteiger partial charge in [0.2, 0.25) is 0 Å². The summed E-state index contributed by atoms with van der Waals surface area (Å²) in [4.78, 5) is 11.5. The molecule has 2 atom stereocenters. The molecule has 0 aromatic carbocycles. The maximum atomic E-state index is 11.5. The Morgan fingerprint density at radius 3 is 3.00 bits per heavy atom. The molecule has 86 valence electrons. The Bertz CT molecular complexity index is 208. The fourth-order valence-electron chi connectivity index (χ4n) is 2.11. The number of rotatable bonds is 4. The van der Waals surface area contributed by atoms with Gasteiger partial charge >= 0.3 is 5.97 Å². The van der Waals surface area contributed by atoms with Gasteiger partial charge in [0.25, 0.3) is 0 Å². The number of carbonyl (C=O) groups excluding carboxylic acids is 1. The summed E-state index contributed by atoms with van der Waals surface area (Å²) in [5, 5.41) is 3.25. The lowest BCUT2D eigenvalue weighted by Crippen LogP contribution is -2.18. The van der Waals surface area contributed by atoms with Gasteiger partial charge in [-0.2, -0.15) is 0 Å². The molecule has 0 bridgehead atoms. The van der Waals surface area contributed by atoms with E-state index in [1.165, 1.54) is 0 Å². The fourth-order valence-corrected chi connectivity index (χ4v) is 2.11. The molecule has 4 nitrogen and oxygen atoms in total. The Labute approximate surface area is 90.3 Å². The van der Waals surface area contributed by atoms with Crippen LogP contribution in [0.15, 0.2) is 0 Å². The van der Waals surface area contributed by atoms with E-state index in [1.54, 1.807) is 0 Å². The van der Waals surface area contributed by atoms with E-state index in [0.717, 1.165) is 39.1 Å². The standard InChI is InChI=1S/C11H19NO3/c13-11(5-9-1-3-12-6-9)15-8-10-2-4-14-7-10/h9-10,12H,1-8H2. The van der Waals surface area contributed by atoms with Crippen LogP contribution in [0.1, 0.15) is 19.3 Å². The fraction of sp³-hybridized carbons (Fsp3) is 0.909. The molecule has 2 unspecified atom stereocenters. The highest BCUT2D eigenvalue weighted by atomic mass is 16.5. The minimum atomic E-state index is -0.0457. The van der Waals surface area contributed by atoms with Crippen molar-refractivity contribution in [3.63, 3.8) is 0 Å². The number of hydrogen-bond acceptors (Lipinski definition) is 4. The molecule has 0 spiro atoms. The van der Waals surface area contributed by atoms with Crippen molar-refractivity contribution in [2.45, 2.75) is 19.3 Å². The first-order valence-electron chi connectivity index (χ1n) is 5.78. The lowest BCUT2D eigenvalue weighted by molar-refractivity contribution is -0.146. The Kier molecular flexibility index (Phi) is 3.97. The van der Waals surface area contributed by atoms with Gasteiger partial charge in [-0.25, -0.2) is 0 Å². The van der Waals surface area contributed by atoms with Crippen LogP contribution in [-0.4, -0.2) is 38.9 Å². The number of ether oxygens (including phenoxy) is 2. The van der Waals surface area contributed by atoms with Gasteiger partial charge < -0.3 is 14.8 Å². The minimum Gasteiger partial charge on any atom is -0.465 e. The molecule has 0 aromatic rings.